The molecule has 0 aliphatic rings. The quantitative estimate of drug-likeness (QED) is 0.283. The predicted octanol–water partition coefficient (Wildman–Crippen LogP) is 4.57. The fourth-order valence-electron chi connectivity index (χ4n) is 2.10. The van der Waals surface area contributed by atoms with Crippen LogP contribution in [-0.2, 0) is 25.6 Å². The normalized spacial score (nSPS) is 11.2. The molecule has 0 saturated heterocycles. The van der Waals surface area contributed by atoms with Gasteiger partial charge in [-0.15, -0.1) is 6.54 Å². The predicted molar refractivity (Wildman–Crippen MR) is 108 cm³/mol. The molecule has 2 rings (SSSR count). The fraction of sp³-hybridized carbons (Fsp3) is 0.158. The summed E-state index contributed by atoms with van der Waals surface area (Å²) in [5, 5.41) is 0. The molecular formula is C19H20INO2PdS. The van der Waals surface area contributed by atoms with E-state index in [1.165, 1.54) is 4.31 Å². The van der Waals surface area contributed by atoms with Crippen LogP contribution >= 0.6 is 19.5 Å². The van der Waals surface area contributed by atoms with E-state index in [2.05, 4.69) is 28.2 Å². The summed E-state index contributed by atoms with van der Waals surface area (Å²) in [7, 11) is -3.55. The first-order valence-corrected chi connectivity index (χ1v) is 13.5. The summed E-state index contributed by atoms with van der Waals surface area (Å²) < 4.78 is 26.8. The van der Waals surface area contributed by atoms with Crippen LogP contribution in [0.25, 0.3) is 6.08 Å². The number of aryl methyl sites for hydroxylation is 1. The van der Waals surface area contributed by atoms with Gasteiger partial charge in [0.1, 0.15) is 0 Å². The Morgan fingerprint density at radius 3 is 2.28 bits per heavy atom. The molecule has 0 fully saturated rings. The Labute approximate surface area is 172 Å². The molecule has 0 atom stereocenters. The van der Waals surface area contributed by atoms with Crippen LogP contribution in [0.4, 0.5) is 0 Å². The Balaban J connectivity index is 0.00000151. The molecule has 3 nitrogen and oxygen atoms in total. The average Bonchev–Trinajstić information content (AvgIpc) is 2.64. The summed E-state index contributed by atoms with van der Waals surface area (Å²) in [6, 6.07) is 16.6. The van der Waals surface area contributed by atoms with Gasteiger partial charge in [0.25, 0.3) is 0 Å². The number of hydrogen-bond donors (Lipinski definition) is 0. The van der Waals surface area contributed by atoms with Gasteiger partial charge < -0.3 is 6.08 Å². The zero-order valence-corrected chi connectivity index (χ0v) is 18.4. The zero-order chi connectivity index (χ0) is 18.7. The molecule has 0 bridgehead atoms. The van der Waals surface area contributed by atoms with Crippen LogP contribution in [0.1, 0.15) is 11.1 Å². The number of halogens is 1. The van der Waals surface area contributed by atoms with Crippen molar-refractivity contribution in [1.82, 2.24) is 4.31 Å². The van der Waals surface area contributed by atoms with Crippen molar-refractivity contribution in [3.8, 4) is 0 Å². The summed E-state index contributed by atoms with van der Waals surface area (Å²) in [6.45, 7) is 5.88. The van der Waals surface area contributed by atoms with Crippen LogP contribution in [-0.4, -0.2) is 25.8 Å². The molecule has 0 aromatic heterocycles. The summed E-state index contributed by atoms with van der Waals surface area (Å²) in [4.78, 5) is 0.284. The summed E-state index contributed by atoms with van der Waals surface area (Å²) >= 11 is 4.72. The Kier molecular flexibility index (Phi) is 10.5. The van der Waals surface area contributed by atoms with E-state index in [0.717, 1.165) is 11.1 Å². The van der Waals surface area contributed by atoms with Gasteiger partial charge >= 0.3 is 35.1 Å². The van der Waals surface area contributed by atoms with Crippen molar-refractivity contribution in [2.75, 3.05) is 13.1 Å². The molecule has 25 heavy (non-hydrogen) atoms. The molecule has 6 heteroatoms. The van der Waals surface area contributed by atoms with Crippen molar-refractivity contribution >= 4 is 35.6 Å². The molecule has 0 amide bonds. The van der Waals surface area contributed by atoms with Crippen LogP contribution in [0.3, 0.4) is 0 Å². The Morgan fingerprint density at radius 2 is 1.72 bits per heavy atom. The Morgan fingerprint density at radius 1 is 1.12 bits per heavy atom. The third-order valence-corrected chi connectivity index (χ3v) is 5.19. The summed E-state index contributed by atoms with van der Waals surface area (Å²) in [5.74, 6) is 0. The van der Waals surface area contributed by atoms with Crippen molar-refractivity contribution in [1.29, 1.82) is 0 Å². The van der Waals surface area contributed by atoms with E-state index in [9.17, 15) is 8.42 Å². The van der Waals surface area contributed by atoms with E-state index < -0.39 is 10.0 Å². The SMILES string of the molecule is C=[C-]CN(C/C=C/c1ccccc1)S(=O)(=O)c1ccc(C)cc1.[Pd+][I]. The van der Waals surface area contributed by atoms with Crippen molar-refractivity contribution in [3.05, 3.63) is 84.5 Å². The summed E-state index contributed by atoms with van der Waals surface area (Å²) in [6.07, 6.45) is 6.40. The van der Waals surface area contributed by atoms with Crippen LogP contribution in [0.5, 0.6) is 0 Å². The molecule has 0 N–H and O–H groups in total. The number of hydrogen-bond acceptors (Lipinski definition) is 2. The van der Waals surface area contributed by atoms with Gasteiger partial charge in [0.05, 0.1) is 4.90 Å². The maximum atomic E-state index is 12.7. The van der Waals surface area contributed by atoms with Crippen molar-refractivity contribution < 1.29 is 24.0 Å². The van der Waals surface area contributed by atoms with Crippen LogP contribution in [0.15, 0.2) is 72.1 Å². The van der Waals surface area contributed by atoms with Crippen LogP contribution in [0, 0.1) is 13.0 Å². The molecule has 2 aromatic carbocycles. The first kappa shape index (κ1) is 22.3. The third-order valence-electron chi connectivity index (χ3n) is 3.37. The number of nitrogens with zero attached hydrogens (tertiary/aromatic N) is 1. The molecule has 0 heterocycles. The van der Waals surface area contributed by atoms with Crippen molar-refractivity contribution in [2.45, 2.75) is 11.8 Å². The average molecular weight is 560 g/mol. The first-order valence-electron chi connectivity index (χ1n) is 7.44. The van der Waals surface area contributed by atoms with Crippen LogP contribution < -0.4 is 0 Å². The van der Waals surface area contributed by atoms with E-state index in [-0.39, 0.29) is 18.0 Å². The van der Waals surface area contributed by atoms with Gasteiger partial charge in [-0.05, 0) is 24.6 Å². The minimum atomic E-state index is -3.55. The van der Waals surface area contributed by atoms with E-state index in [4.69, 9.17) is 0 Å². The summed E-state index contributed by atoms with van der Waals surface area (Å²) in [5.41, 5.74) is 2.05. The van der Waals surface area contributed by atoms with Gasteiger partial charge in [-0.1, -0.05) is 60.2 Å². The van der Waals surface area contributed by atoms with Gasteiger partial charge in [0, 0.05) is 6.54 Å². The molecule has 136 valence electrons. The Hall–Kier alpha value is -0.778. The van der Waals surface area contributed by atoms with Crippen molar-refractivity contribution in [2.24, 2.45) is 0 Å². The molecule has 0 saturated carbocycles. The fourth-order valence-corrected chi connectivity index (χ4v) is 3.42. The van der Waals surface area contributed by atoms with Gasteiger partial charge in [-0.25, -0.2) is 12.7 Å². The topological polar surface area (TPSA) is 37.4 Å². The van der Waals surface area contributed by atoms with E-state index in [0.29, 0.717) is 0 Å². The van der Waals surface area contributed by atoms with E-state index in [1.54, 1.807) is 24.3 Å². The molecule has 0 radical (unpaired) electrons. The second-order valence-corrected chi connectivity index (χ2v) is 7.11. The molecular weight excluding hydrogens is 540 g/mol. The van der Waals surface area contributed by atoms with Gasteiger partial charge in [0.2, 0.25) is 10.0 Å². The Bertz CT molecular complexity index is 775. The number of sulfonamides is 1. The van der Waals surface area contributed by atoms with Gasteiger partial charge in [0.15, 0.2) is 0 Å². The third kappa shape index (κ3) is 7.16. The standard InChI is InChI=1S/C19H20NO2S.HI.Pd/c1-3-15-20(16-7-10-18-8-5-4-6-9-18)23(21,22)19-13-11-17(2)12-14-19;;/h4-14H,1,15-16H2,2H3;1H;/q-1;;+2/p-1/b10-7+;;. The molecule has 2 aromatic rings. The second-order valence-electron chi connectivity index (χ2n) is 5.17. The second kappa shape index (κ2) is 11.8. The van der Waals surface area contributed by atoms with Crippen LogP contribution in [0.2, 0.25) is 0 Å². The minimum absolute atomic E-state index is 0.148. The number of benzene rings is 2. The molecule has 0 unspecified atom stereocenters. The maximum absolute atomic E-state index is 12.7. The zero-order valence-electron chi connectivity index (χ0n) is 13.8. The monoisotopic (exact) mass is 559 g/mol. The molecule has 0 aliphatic carbocycles. The van der Waals surface area contributed by atoms with Gasteiger partial charge in [-0.2, -0.15) is 0 Å². The van der Waals surface area contributed by atoms with E-state index >= 15 is 0 Å². The van der Waals surface area contributed by atoms with Crippen molar-refractivity contribution in [3.63, 3.8) is 0 Å². The first-order chi connectivity index (χ1) is 12.0. The molecule has 0 spiro atoms. The number of rotatable bonds is 7. The van der Waals surface area contributed by atoms with E-state index in [1.807, 2.05) is 68.9 Å². The molecule has 0 aliphatic heterocycles. The van der Waals surface area contributed by atoms with Gasteiger partial charge in [-0.3, -0.25) is 6.58 Å².